The molecule has 1 atom stereocenters. The monoisotopic (exact) mass is 257 g/mol. The molecule has 4 N–H and O–H groups in total. The first-order chi connectivity index (χ1) is 8.15. The Bertz CT molecular complexity index is 395. The van der Waals surface area contributed by atoms with Crippen molar-refractivity contribution in [1.29, 1.82) is 0 Å². The maximum atomic E-state index is 11.4. The van der Waals surface area contributed by atoms with Crippen molar-refractivity contribution in [2.75, 3.05) is 12.4 Å². The topological polar surface area (TPSA) is 92.0 Å². The van der Waals surface area contributed by atoms with Gasteiger partial charge in [0.05, 0.1) is 0 Å². The summed E-state index contributed by atoms with van der Waals surface area (Å²) in [6.45, 7) is 2.13. The zero-order chi connectivity index (χ0) is 12.7. The molecule has 96 valence electrons. The Kier molecular flexibility index (Phi) is 6.25. The zero-order valence-corrected chi connectivity index (χ0v) is 10.8. The van der Waals surface area contributed by atoms with E-state index in [1.165, 1.54) is 17.8 Å². The average Bonchev–Trinajstić information content (AvgIpc) is 2.26. The Morgan fingerprint density at radius 1 is 1.65 bits per heavy atom. The van der Waals surface area contributed by atoms with Crippen molar-refractivity contribution in [1.82, 2.24) is 9.97 Å². The third-order valence-corrected chi connectivity index (χ3v) is 3.27. The fraction of sp³-hybridized carbons (Fsp3) is 0.636. The van der Waals surface area contributed by atoms with Gasteiger partial charge in [0.2, 0.25) is 0 Å². The summed E-state index contributed by atoms with van der Waals surface area (Å²) in [6.07, 6.45) is 2.33. The Labute approximate surface area is 105 Å². The fourth-order valence-electron chi connectivity index (χ4n) is 1.37. The van der Waals surface area contributed by atoms with Crippen molar-refractivity contribution in [2.24, 2.45) is 5.73 Å². The summed E-state index contributed by atoms with van der Waals surface area (Å²) >= 11 is 1.42. The average molecular weight is 257 g/mol. The normalized spacial score (nSPS) is 12.6. The van der Waals surface area contributed by atoms with Gasteiger partial charge in [0, 0.05) is 30.2 Å². The lowest BCUT2D eigenvalue weighted by molar-refractivity contribution is 0.279. The van der Waals surface area contributed by atoms with Crippen molar-refractivity contribution in [2.45, 2.75) is 37.4 Å². The molecule has 0 saturated carbocycles. The van der Waals surface area contributed by atoms with Crippen LogP contribution in [0.4, 0.5) is 0 Å². The van der Waals surface area contributed by atoms with Gasteiger partial charge in [0.1, 0.15) is 0 Å². The SMILES string of the molecule is CCCc1cc(=O)[nH]c(SCC(N)CCO)n1. The van der Waals surface area contributed by atoms with E-state index in [1.54, 1.807) is 0 Å². The zero-order valence-electron chi connectivity index (χ0n) is 9.98. The van der Waals surface area contributed by atoms with Crippen LogP contribution in [0.3, 0.4) is 0 Å². The maximum absolute atomic E-state index is 11.4. The molecule has 1 aromatic rings. The lowest BCUT2D eigenvalue weighted by atomic mass is 10.2. The minimum atomic E-state index is -0.123. The number of nitrogens with one attached hydrogen (secondary N) is 1. The fourth-order valence-corrected chi connectivity index (χ4v) is 2.26. The highest BCUT2D eigenvalue weighted by Gasteiger charge is 2.06. The summed E-state index contributed by atoms with van der Waals surface area (Å²) in [5.74, 6) is 0.638. The second-order valence-electron chi connectivity index (χ2n) is 3.88. The van der Waals surface area contributed by atoms with Crippen LogP contribution in [-0.2, 0) is 6.42 Å². The second kappa shape index (κ2) is 7.47. The molecule has 6 heteroatoms. The van der Waals surface area contributed by atoms with E-state index in [4.69, 9.17) is 10.8 Å². The van der Waals surface area contributed by atoms with Gasteiger partial charge in [0.15, 0.2) is 5.16 Å². The van der Waals surface area contributed by atoms with Gasteiger partial charge in [-0.2, -0.15) is 0 Å². The van der Waals surface area contributed by atoms with Gasteiger partial charge in [0.25, 0.3) is 5.56 Å². The molecule has 0 aromatic carbocycles. The first kappa shape index (κ1) is 14.2. The predicted octanol–water partition coefficient (Wildman–Crippen LogP) is 0.524. The van der Waals surface area contributed by atoms with Crippen molar-refractivity contribution in [3.63, 3.8) is 0 Å². The lowest BCUT2D eigenvalue weighted by Gasteiger charge is -2.08. The first-order valence-electron chi connectivity index (χ1n) is 5.75. The summed E-state index contributed by atoms with van der Waals surface area (Å²) in [7, 11) is 0. The van der Waals surface area contributed by atoms with E-state index in [-0.39, 0.29) is 18.2 Å². The molecule has 0 fully saturated rings. The highest BCUT2D eigenvalue weighted by Crippen LogP contribution is 2.13. The van der Waals surface area contributed by atoms with Crippen molar-refractivity contribution < 1.29 is 5.11 Å². The molecular weight excluding hydrogens is 238 g/mol. The van der Waals surface area contributed by atoms with Gasteiger partial charge in [-0.25, -0.2) is 4.98 Å². The molecule has 5 nitrogen and oxygen atoms in total. The number of aliphatic hydroxyl groups is 1. The van der Waals surface area contributed by atoms with Crippen molar-refractivity contribution >= 4 is 11.8 Å². The van der Waals surface area contributed by atoms with Crippen molar-refractivity contribution in [3.05, 3.63) is 22.1 Å². The van der Waals surface area contributed by atoms with Crippen molar-refractivity contribution in [3.8, 4) is 0 Å². The number of hydrogen-bond acceptors (Lipinski definition) is 5. The summed E-state index contributed by atoms with van der Waals surface area (Å²) in [5, 5.41) is 9.34. The molecule has 1 unspecified atom stereocenters. The smallest absolute Gasteiger partial charge is 0.251 e. The molecule has 0 spiro atoms. The van der Waals surface area contributed by atoms with Gasteiger partial charge in [-0.15, -0.1) is 0 Å². The van der Waals surface area contributed by atoms with Crippen LogP contribution in [0.5, 0.6) is 0 Å². The Hall–Kier alpha value is -0.850. The van der Waals surface area contributed by atoms with Crippen LogP contribution >= 0.6 is 11.8 Å². The van der Waals surface area contributed by atoms with E-state index in [1.807, 2.05) is 6.92 Å². The van der Waals surface area contributed by atoms with Crippen LogP contribution in [0, 0.1) is 0 Å². The number of aromatic nitrogens is 2. The quantitative estimate of drug-likeness (QED) is 0.489. The molecule has 0 aliphatic heterocycles. The highest BCUT2D eigenvalue weighted by molar-refractivity contribution is 7.99. The molecular formula is C11H19N3O2S. The molecule has 17 heavy (non-hydrogen) atoms. The van der Waals surface area contributed by atoms with Gasteiger partial charge >= 0.3 is 0 Å². The minimum absolute atomic E-state index is 0.0786. The summed E-state index contributed by atoms with van der Waals surface area (Å²) < 4.78 is 0. The van der Waals surface area contributed by atoms with Crippen LogP contribution in [0.1, 0.15) is 25.5 Å². The molecule has 1 rings (SSSR count). The summed E-state index contributed by atoms with van der Waals surface area (Å²) in [4.78, 5) is 18.4. The standard InChI is InChI=1S/C11H19N3O2S/c1-2-3-9-6-10(16)14-11(13-9)17-7-8(12)4-5-15/h6,8,15H,2-5,7,12H2,1H3,(H,13,14,16). The molecule has 0 aliphatic rings. The number of nitrogens with zero attached hydrogens (tertiary/aromatic N) is 1. The van der Waals surface area contributed by atoms with Crippen LogP contribution in [0.15, 0.2) is 16.0 Å². The summed E-state index contributed by atoms with van der Waals surface area (Å²) in [6, 6.07) is 1.45. The van der Waals surface area contributed by atoms with E-state index < -0.39 is 0 Å². The van der Waals surface area contributed by atoms with Gasteiger partial charge in [-0.3, -0.25) is 4.79 Å². The molecule has 1 heterocycles. The van der Waals surface area contributed by atoms with Gasteiger partial charge < -0.3 is 15.8 Å². The lowest BCUT2D eigenvalue weighted by Crippen LogP contribution is -2.24. The Morgan fingerprint density at radius 2 is 2.41 bits per heavy atom. The number of aromatic amines is 1. The predicted molar refractivity (Wildman–Crippen MR) is 69.3 cm³/mol. The molecule has 0 aliphatic carbocycles. The molecule has 0 amide bonds. The Morgan fingerprint density at radius 3 is 3.06 bits per heavy atom. The number of nitrogens with two attached hydrogens (primary N) is 1. The highest BCUT2D eigenvalue weighted by atomic mass is 32.2. The minimum Gasteiger partial charge on any atom is -0.396 e. The van der Waals surface area contributed by atoms with Crippen LogP contribution in [-0.4, -0.2) is 33.5 Å². The largest absolute Gasteiger partial charge is 0.396 e. The molecule has 1 aromatic heterocycles. The van der Waals surface area contributed by atoms with E-state index in [2.05, 4.69) is 9.97 Å². The number of H-pyrrole nitrogens is 1. The van der Waals surface area contributed by atoms with Crippen LogP contribution in [0.25, 0.3) is 0 Å². The van der Waals surface area contributed by atoms with E-state index >= 15 is 0 Å². The number of hydrogen-bond donors (Lipinski definition) is 3. The first-order valence-corrected chi connectivity index (χ1v) is 6.73. The Balaban J connectivity index is 2.61. The van der Waals surface area contributed by atoms with E-state index in [9.17, 15) is 4.79 Å². The number of thioether (sulfide) groups is 1. The molecule has 0 bridgehead atoms. The van der Waals surface area contributed by atoms with Crippen LogP contribution < -0.4 is 11.3 Å². The number of aliphatic hydroxyl groups excluding tert-OH is 1. The van der Waals surface area contributed by atoms with Gasteiger partial charge in [-0.1, -0.05) is 25.1 Å². The number of aryl methyl sites for hydroxylation is 1. The number of rotatable bonds is 7. The van der Waals surface area contributed by atoms with Gasteiger partial charge in [-0.05, 0) is 12.8 Å². The van der Waals surface area contributed by atoms with E-state index in [0.717, 1.165) is 18.5 Å². The maximum Gasteiger partial charge on any atom is 0.251 e. The third kappa shape index (κ3) is 5.34. The van der Waals surface area contributed by atoms with Crippen LogP contribution in [0.2, 0.25) is 0 Å². The van der Waals surface area contributed by atoms with E-state index in [0.29, 0.717) is 17.3 Å². The third-order valence-electron chi connectivity index (χ3n) is 2.21. The molecule has 0 saturated heterocycles. The summed E-state index contributed by atoms with van der Waals surface area (Å²) in [5.41, 5.74) is 6.46. The second-order valence-corrected chi connectivity index (χ2v) is 4.88. The molecule has 0 radical (unpaired) electrons.